The predicted molar refractivity (Wildman–Crippen MR) is 158 cm³/mol. The maximum atomic E-state index is 13.6. The number of methoxy groups -OCH3 is 1. The molecule has 0 aromatic heterocycles. The van der Waals surface area contributed by atoms with Crippen LogP contribution in [0.25, 0.3) is 0 Å². The molecule has 1 saturated carbocycles. The van der Waals surface area contributed by atoms with Crippen molar-refractivity contribution in [2.45, 2.75) is 75.6 Å². The monoisotopic (exact) mass is 561 g/mol. The van der Waals surface area contributed by atoms with E-state index in [1.165, 1.54) is 23.1 Å². The summed E-state index contributed by atoms with van der Waals surface area (Å²) in [6.07, 6.45) is 6.63. The number of amides is 3. The van der Waals surface area contributed by atoms with Crippen molar-refractivity contribution < 1.29 is 19.1 Å². The van der Waals surface area contributed by atoms with Crippen LogP contribution in [0.4, 0.5) is 11.4 Å². The van der Waals surface area contributed by atoms with Gasteiger partial charge in [0.25, 0.3) is 5.91 Å². The Balaban J connectivity index is 1.30. The molecular formula is C30H35N5O4S. The van der Waals surface area contributed by atoms with Gasteiger partial charge in [-0.15, -0.1) is 0 Å². The van der Waals surface area contributed by atoms with E-state index in [0.717, 1.165) is 31.2 Å². The Kier molecular flexibility index (Phi) is 8.84. The second-order valence-corrected chi connectivity index (χ2v) is 11.4. The summed E-state index contributed by atoms with van der Waals surface area (Å²) in [6.45, 7) is 1.93. The lowest BCUT2D eigenvalue weighted by Gasteiger charge is -2.27. The summed E-state index contributed by atoms with van der Waals surface area (Å²) in [4.78, 5) is 50.6. The molecule has 2 unspecified atom stereocenters. The second kappa shape index (κ2) is 12.7. The molecule has 2 heterocycles. The molecular weight excluding hydrogens is 526 g/mol. The topological polar surface area (TPSA) is 112 Å². The van der Waals surface area contributed by atoms with Gasteiger partial charge < -0.3 is 15.4 Å². The lowest BCUT2D eigenvalue weighted by atomic mass is 9.95. The van der Waals surface area contributed by atoms with Crippen LogP contribution in [0, 0.1) is 0 Å². The first kappa shape index (κ1) is 27.9. The number of aliphatic imine (C=N–C) groups is 2. The number of hydrogen-bond donors (Lipinski definition) is 2. The second-order valence-electron chi connectivity index (χ2n) is 10.2. The molecule has 2 aliphatic heterocycles. The Labute approximate surface area is 238 Å². The number of ether oxygens (including phenoxy) is 1. The van der Waals surface area contributed by atoms with E-state index in [2.05, 4.69) is 10.6 Å². The third-order valence-corrected chi connectivity index (χ3v) is 8.73. The highest BCUT2D eigenvalue weighted by Gasteiger charge is 2.42. The molecule has 1 aliphatic carbocycles. The Morgan fingerprint density at radius 2 is 1.93 bits per heavy atom. The molecule has 2 aromatic rings. The van der Waals surface area contributed by atoms with Crippen molar-refractivity contribution in [3.8, 4) is 5.75 Å². The van der Waals surface area contributed by atoms with Gasteiger partial charge >= 0.3 is 0 Å². The third-order valence-electron chi connectivity index (χ3n) is 7.41. The molecule has 2 N–H and O–H groups in total. The molecule has 2 atom stereocenters. The zero-order valence-corrected chi connectivity index (χ0v) is 23.7. The summed E-state index contributed by atoms with van der Waals surface area (Å²) in [5.74, 6) is 0.731. The van der Waals surface area contributed by atoms with Gasteiger partial charge in [0, 0.05) is 29.8 Å². The van der Waals surface area contributed by atoms with E-state index < -0.39 is 11.3 Å². The predicted octanol–water partition coefficient (Wildman–Crippen LogP) is 5.03. The van der Waals surface area contributed by atoms with Crippen LogP contribution in [-0.2, 0) is 14.4 Å². The van der Waals surface area contributed by atoms with Gasteiger partial charge in [-0.05, 0) is 49.9 Å². The molecule has 3 amide bonds. The summed E-state index contributed by atoms with van der Waals surface area (Å²) in [6, 6.07) is 14.3. The number of nitrogens with zero attached hydrogens (tertiary/aromatic N) is 3. The first-order chi connectivity index (χ1) is 19.5. The number of amidine groups is 2. The van der Waals surface area contributed by atoms with Crippen LogP contribution >= 0.6 is 11.8 Å². The fourth-order valence-corrected chi connectivity index (χ4v) is 6.28. The maximum Gasteiger partial charge on any atom is 0.259 e. The van der Waals surface area contributed by atoms with Crippen LogP contribution in [-0.4, -0.2) is 58.1 Å². The first-order valence-electron chi connectivity index (χ1n) is 14.0. The molecule has 210 valence electrons. The zero-order chi connectivity index (χ0) is 28.1. The van der Waals surface area contributed by atoms with Crippen molar-refractivity contribution in [3.63, 3.8) is 0 Å². The van der Waals surface area contributed by atoms with Crippen molar-refractivity contribution in [1.29, 1.82) is 0 Å². The van der Waals surface area contributed by atoms with Gasteiger partial charge in [0.1, 0.15) is 17.6 Å². The van der Waals surface area contributed by atoms with Crippen LogP contribution in [0.5, 0.6) is 5.75 Å². The summed E-state index contributed by atoms with van der Waals surface area (Å²) in [5.41, 5.74) is 2.10. The van der Waals surface area contributed by atoms with Gasteiger partial charge in [0.05, 0.1) is 18.0 Å². The van der Waals surface area contributed by atoms with Crippen LogP contribution in [0.2, 0.25) is 0 Å². The highest BCUT2D eigenvalue weighted by atomic mass is 32.2. The molecule has 5 rings (SSSR count). The maximum absolute atomic E-state index is 13.6. The van der Waals surface area contributed by atoms with Gasteiger partial charge in [0.2, 0.25) is 11.8 Å². The Morgan fingerprint density at radius 3 is 2.70 bits per heavy atom. The number of nitrogens with one attached hydrogen (secondary N) is 2. The minimum Gasteiger partial charge on any atom is -0.497 e. The van der Waals surface area contributed by atoms with Crippen LogP contribution in [0.1, 0.15) is 63.9 Å². The number of carbonyl (C=O) groups excluding carboxylic acids is 3. The number of para-hydroxylation sites is 1. The average Bonchev–Trinajstić information content (AvgIpc) is 3.31. The van der Waals surface area contributed by atoms with Crippen LogP contribution in [0.3, 0.4) is 0 Å². The minimum atomic E-state index is -0.672. The van der Waals surface area contributed by atoms with Crippen LogP contribution < -0.4 is 15.4 Å². The Bertz CT molecular complexity index is 1340. The van der Waals surface area contributed by atoms with Crippen molar-refractivity contribution >= 4 is 51.9 Å². The largest absolute Gasteiger partial charge is 0.497 e. The summed E-state index contributed by atoms with van der Waals surface area (Å²) in [7, 11) is 1.58. The minimum absolute atomic E-state index is 0.0336. The van der Waals surface area contributed by atoms with E-state index in [1.807, 2.05) is 43.3 Å². The summed E-state index contributed by atoms with van der Waals surface area (Å²) < 4.78 is 5.26. The molecule has 3 aliphatic rings. The number of anilines is 1. The van der Waals surface area contributed by atoms with Crippen molar-refractivity contribution in [2.24, 2.45) is 9.98 Å². The van der Waals surface area contributed by atoms with E-state index in [9.17, 15) is 14.4 Å². The number of benzene rings is 2. The first-order valence-corrected chi connectivity index (χ1v) is 14.9. The van der Waals surface area contributed by atoms with Gasteiger partial charge in [-0.2, -0.15) is 0 Å². The Morgan fingerprint density at radius 1 is 1.12 bits per heavy atom. The standard InChI is InChI=1S/C30H35N5O4S/c1-3-25(28(37)32-20-12-9-13-21(18-20)39-2)40-30-34-23-15-8-7-14-22(23)27-33-24(29(38)35(27)30)16-17-26(36)31-19-10-5-4-6-11-19/h7-9,12-15,18-19,24-25H,3-6,10-11,16-17H2,1-2H3,(H,31,36)(H,32,37). The molecule has 0 bridgehead atoms. The summed E-state index contributed by atoms with van der Waals surface area (Å²) >= 11 is 1.25. The van der Waals surface area contributed by atoms with Gasteiger partial charge in [0.15, 0.2) is 5.17 Å². The van der Waals surface area contributed by atoms with Gasteiger partial charge in [-0.25, -0.2) is 9.89 Å². The van der Waals surface area contributed by atoms with E-state index in [4.69, 9.17) is 14.7 Å². The highest BCUT2D eigenvalue weighted by Crippen LogP contribution is 2.36. The average molecular weight is 562 g/mol. The number of carbonyl (C=O) groups is 3. The van der Waals surface area contributed by atoms with Crippen LogP contribution in [0.15, 0.2) is 58.5 Å². The summed E-state index contributed by atoms with van der Waals surface area (Å²) in [5, 5.41) is 6.00. The molecule has 0 spiro atoms. The number of rotatable bonds is 9. The smallest absolute Gasteiger partial charge is 0.259 e. The lowest BCUT2D eigenvalue weighted by Crippen LogP contribution is -2.43. The molecule has 0 saturated heterocycles. The molecule has 0 radical (unpaired) electrons. The normalized spacial score (nSPS) is 19.2. The van der Waals surface area contributed by atoms with E-state index >= 15 is 0 Å². The van der Waals surface area contributed by atoms with Crippen molar-refractivity contribution in [1.82, 2.24) is 10.2 Å². The quantitative estimate of drug-likeness (QED) is 0.446. The number of hydrogen-bond acceptors (Lipinski definition) is 7. The molecule has 40 heavy (non-hydrogen) atoms. The molecule has 9 nitrogen and oxygen atoms in total. The van der Waals surface area contributed by atoms with E-state index in [0.29, 0.717) is 41.0 Å². The number of fused-ring (bicyclic) bond motifs is 3. The third kappa shape index (κ3) is 6.22. The molecule has 1 fully saturated rings. The van der Waals surface area contributed by atoms with Crippen molar-refractivity contribution in [3.05, 3.63) is 54.1 Å². The highest BCUT2D eigenvalue weighted by molar-refractivity contribution is 8.15. The molecule has 2 aromatic carbocycles. The SMILES string of the molecule is CCC(SC1=Nc2ccccc2C2=NC(CCC(=O)NC3CCCCC3)C(=O)N12)C(=O)Nc1cccc(OC)c1. The van der Waals surface area contributed by atoms with E-state index in [1.54, 1.807) is 19.2 Å². The van der Waals surface area contributed by atoms with Gasteiger partial charge in [-0.1, -0.05) is 56.1 Å². The molecule has 10 heteroatoms. The fourth-order valence-electron chi connectivity index (χ4n) is 5.26. The zero-order valence-electron chi connectivity index (χ0n) is 22.9. The van der Waals surface area contributed by atoms with Crippen molar-refractivity contribution in [2.75, 3.05) is 12.4 Å². The van der Waals surface area contributed by atoms with E-state index in [-0.39, 0.29) is 30.2 Å². The lowest BCUT2D eigenvalue weighted by molar-refractivity contribution is -0.125. The number of thioether (sulfide) groups is 1. The Hall–Kier alpha value is -3.66. The van der Waals surface area contributed by atoms with Gasteiger partial charge in [-0.3, -0.25) is 19.4 Å². The fraction of sp³-hybridized carbons (Fsp3) is 0.433.